The van der Waals surface area contributed by atoms with Crippen LogP contribution in [0.3, 0.4) is 0 Å². The predicted molar refractivity (Wildman–Crippen MR) is 70.9 cm³/mol. The largest absolute Gasteiger partial charge is 0.271 e. The molecular formula is C14H30N2. The summed E-state index contributed by atoms with van der Waals surface area (Å²) >= 11 is 0. The Labute approximate surface area is 101 Å². The minimum absolute atomic E-state index is 0.535. The van der Waals surface area contributed by atoms with E-state index in [-0.39, 0.29) is 0 Å². The van der Waals surface area contributed by atoms with Crippen LogP contribution in [0.15, 0.2) is 0 Å². The van der Waals surface area contributed by atoms with Crippen LogP contribution in [-0.2, 0) is 0 Å². The zero-order chi connectivity index (χ0) is 12.1. The fourth-order valence-electron chi connectivity index (χ4n) is 3.31. The second-order valence-electron chi connectivity index (χ2n) is 6.42. The predicted octanol–water partition coefficient (Wildman–Crippen LogP) is 3.33. The van der Waals surface area contributed by atoms with Crippen LogP contribution in [0.1, 0.15) is 59.8 Å². The number of hydrogen-bond donors (Lipinski definition) is 2. The fourth-order valence-corrected chi connectivity index (χ4v) is 3.31. The maximum absolute atomic E-state index is 5.73. The molecule has 3 N–H and O–H groups in total. The van der Waals surface area contributed by atoms with Gasteiger partial charge in [-0.1, -0.05) is 27.7 Å². The number of rotatable bonds is 5. The van der Waals surface area contributed by atoms with Crippen molar-refractivity contribution in [2.24, 2.45) is 29.5 Å². The molecule has 3 atom stereocenters. The summed E-state index contributed by atoms with van der Waals surface area (Å²) in [4.78, 5) is 0. The summed E-state index contributed by atoms with van der Waals surface area (Å²) in [5, 5.41) is 0. The standard InChI is InChI=1S/C14H30N2/c1-10(2)5-6-14(16-15)13-8-11(3)7-12(4)9-13/h10-14,16H,5-9,15H2,1-4H3. The maximum Gasteiger partial charge on any atom is 0.0239 e. The quantitative estimate of drug-likeness (QED) is 0.557. The molecule has 0 bridgehead atoms. The first-order valence-corrected chi connectivity index (χ1v) is 6.99. The van der Waals surface area contributed by atoms with Gasteiger partial charge in [-0.2, -0.15) is 0 Å². The molecule has 1 fully saturated rings. The van der Waals surface area contributed by atoms with Gasteiger partial charge in [-0.3, -0.25) is 11.3 Å². The second kappa shape index (κ2) is 6.61. The molecule has 1 saturated carbocycles. The Morgan fingerprint density at radius 3 is 2.06 bits per heavy atom. The first-order chi connectivity index (χ1) is 7.52. The third-order valence-corrected chi connectivity index (χ3v) is 4.05. The third kappa shape index (κ3) is 4.42. The van der Waals surface area contributed by atoms with Gasteiger partial charge >= 0.3 is 0 Å². The number of hydrazine groups is 1. The average Bonchev–Trinajstić information content (AvgIpc) is 2.16. The Morgan fingerprint density at radius 2 is 1.62 bits per heavy atom. The van der Waals surface area contributed by atoms with Crippen molar-refractivity contribution in [1.82, 2.24) is 5.43 Å². The molecule has 0 amide bonds. The molecule has 0 aromatic heterocycles. The molecule has 0 heterocycles. The smallest absolute Gasteiger partial charge is 0.0239 e. The van der Waals surface area contributed by atoms with Crippen molar-refractivity contribution in [3.63, 3.8) is 0 Å². The van der Waals surface area contributed by atoms with E-state index in [4.69, 9.17) is 5.84 Å². The van der Waals surface area contributed by atoms with Gasteiger partial charge in [-0.25, -0.2) is 0 Å². The number of nitrogens with two attached hydrogens (primary N) is 1. The summed E-state index contributed by atoms with van der Waals surface area (Å²) in [6.07, 6.45) is 6.64. The Morgan fingerprint density at radius 1 is 1.06 bits per heavy atom. The summed E-state index contributed by atoms with van der Waals surface area (Å²) < 4.78 is 0. The zero-order valence-corrected chi connectivity index (χ0v) is 11.5. The van der Waals surface area contributed by atoms with Crippen LogP contribution in [0.4, 0.5) is 0 Å². The Bertz CT molecular complexity index is 181. The van der Waals surface area contributed by atoms with Gasteiger partial charge in [0.2, 0.25) is 0 Å². The lowest BCUT2D eigenvalue weighted by atomic mass is 9.73. The van der Waals surface area contributed by atoms with E-state index in [9.17, 15) is 0 Å². The summed E-state index contributed by atoms with van der Waals surface area (Å²) in [7, 11) is 0. The van der Waals surface area contributed by atoms with Crippen molar-refractivity contribution in [2.75, 3.05) is 0 Å². The van der Waals surface area contributed by atoms with Crippen LogP contribution in [0, 0.1) is 23.7 Å². The van der Waals surface area contributed by atoms with Crippen molar-refractivity contribution < 1.29 is 0 Å². The lowest BCUT2D eigenvalue weighted by Crippen LogP contribution is -2.43. The van der Waals surface area contributed by atoms with Crippen LogP contribution in [0.2, 0.25) is 0 Å². The van der Waals surface area contributed by atoms with Gasteiger partial charge in [-0.05, 0) is 55.8 Å². The van der Waals surface area contributed by atoms with E-state index < -0.39 is 0 Å². The van der Waals surface area contributed by atoms with Gasteiger partial charge in [0.1, 0.15) is 0 Å². The van der Waals surface area contributed by atoms with E-state index in [1.165, 1.54) is 32.1 Å². The molecule has 1 rings (SSSR count). The lowest BCUT2D eigenvalue weighted by molar-refractivity contribution is 0.167. The van der Waals surface area contributed by atoms with Crippen LogP contribution < -0.4 is 11.3 Å². The van der Waals surface area contributed by atoms with Crippen molar-refractivity contribution >= 4 is 0 Å². The van der Waals surface area contributed by atoms with E-state index in [2.05, 4.69) is 33.1 Å². The van der Waals surface area contributed by atoms with Crippen LogP contribution >= 0.6 is 0 Å². The molecule has 1 aliphatic carbocycles. The molecule has 0 spiro atoms. The first-order valence-electron chi connectivity index (χ1n) is 6.99. The summed E-state index contributed by atoms with van der Waals surface area (Å²) in [6.45, 7) is 9.36. The zero-order valence-electron chi connectivity index (χ0n) is 11.5. The summed E-state index contributed by atoms with van der Waals surface area (Å²) in [6, 6.07) is 0.535. The van der Waals surface area contributed by atoms with Crippen molar-refractivity contribution in [3.8, 4) is 0 Å². The molecule has 2 heteroatoms. The van der Waals surface area contributed by atoms with Crippen LogP contribution in [0.5, 0.6) is 0 Å². The Kier molecular flexibility index (Phi) is 5.77. The van der Waals surface area contributed by atoms with Gasteiger partial charge in [0.05, 0.1) is 0 Å². The van der Waals surface area contributed by atoms with E-state index in [1.807, 2.05) is 0 Å². The maximum atomic E-state index is 5.73. The van der Waals surface area contributed by atoms with Crippen LogP contribution in [-0.4, -0.2) is 6.04 Å². The molecule has 0 aromatic carbocycles. The van der Waals surface area contributed by atoms with E-state index in [0.717, 1.165) is 23.7 Å². The van der Waals surface area contributed by atoms with Crippen molar-refractivity contribution in [1.29, 1.82) is 0 Å². The van der Waals surface area contributed by atoms with Gasteiger partial charge in [0.25, 0.3) is 0 Å². The van der Waals surface area contributed by atoms with Gasteiger partial charge in [0, 0.05) is 6.04 Å². The molecule has 16 heavy (non-hydrogen) atoms. The highest BCUT2D eigenvalue weighted by Crippen LogP contribution is 2.35. The van der Waals surface area contributed by atoms with Crippen molar-refractivity contribution in [3.05, 3.63) is 0 Å². The fraction of sp³-hybridized carbons (Fsp3) is 1.00. The number of hydrogen-bond acceptors (Lipinski definition) is 2. The minimum Gasteiger partial charge on any atom is -0.271 e. The Balaban J connectivity index is 2.44. The Hall–Kier alpha value is -0.0800. The summed E-state index contributed by atoms with van der Waals surface area (Å²) in [5.74, 6) is 9.07. The molecule has 0 radical (unpaired) electrons. The molecule has 0 aromatic rings. The summed E-state index contributed by atoms with van der Waals surface area (Å²) in [5.41, 5.74) is 3.07. The SMILES string of the molecule is CC(C)CCC(NN)C1CC(C)CC(C)C1. The highest BCUT2D eigenvalue weighted by Gasteiger charge is 2.29. The molecule has 0 aliphatic heterocycles. The molecule has 0 saturated heterocycles. The molecular weight excluding hydrogens is 196 g/mol. The first kappa shape index (κ1) is 14.0. The second-order valence-corrected chi connectivity index (χ2v) is 6.42. The molecule has 2 nitrogen and oxygen atoms in total. The van der Waals surface area contributed by atoms with E-state index in [0.29, 0.717) is 6.04 Å². The van der Waals surface area contributed by atoms with Crippen molar-refractivity contribution in [2.45, 2.75) is 65.8 Å². The van der Waals surface area contributed by atoms with Gasteiger partial charge < -0.3 is 0 Å². The van der Waals surface area contributed by atoms with Gasteiger partial charge in [0.15, 0.2) is 0 Å². The average molecular weight is 226 g/mol. The third-order valence-electron chi connectivity index (χ3n) is 4.05. The monoisotopic (exact) mass is 226 g/mol. The highest BCUT2D eigenvalue weighted by molar-refractivity contribution is 4.82. The van der Waals surface area contributed by atoms with E-state index >= 15 is 0 Å². The molecule has 1 aliphatic rings. The van der Waals surface area contributed by atoms with Gasteiger partial charge in [-0.15, -0.1) is 0 Å². The molecule has 96 valence electrons. The topological polar surface area (TPSA) is 38.0 Å². The highest BCUT2D eigenvalue weighted by atomic mass is 15.2. The lowest BCUT2D eigenvalue weighted by Gasteiger charge is -2.36. The van der Waals surface area contributed by atoms with E-state index in [1.54, 1.807) is 0 Å². The number of nitrogens with one attached hydrogen (secondary N) is 1. The molecule has 3 unspecified atom stereocenters. The normalized spacial score (nSPS) is 33.0. The van der Waals surface area contributed by atoms with Crippen LogP contribution in [0.25, 0.3) is 0 Å². The minimum atomic E-state index is 0.535.